The minimum Gasteiger partial charge on any atom is -0.403 e. The zero-order valence-electron chi connectivity index (χ0n) is 19.5. The Kier molecular flexibility index (Phi) is 6.55. The monoisotopic (exact) mass is 382 g/mol. The SMILES string of the molecule is COC1(OC)CC(C(C)(CCCCB2OC(C)(C)C(C)(C)O2)C(C)(C)C)C1. The van der Waals surface area contributed by atoms with Gasteiger partial charge in [0, 0.05) is 27.1 Å². The van der Waals surface area contributed by atoms with Crippen LogP contribution in [0.15, 0.2) is 0 Å². The average Bonchev–Trinajstić information content (AvgIpc) is 2.70. The van der Waals surface area contributed by atoms with Gasteiger partial charge in [-0.05, 0) is 57.2 Å². The molecule has 0 bridgehead atoms. The van der Waals surface area contributed by atoms with Crippen molar-refractivity contribution in [3.63, 3.8) is 0 Å². The Balaban J connectivity index is 1.88. The molecule has 4 nitrogen and oxygen atoms in total. The van der Waals surface area contributed by atoms with E-state index in [-0.39, 0.29) is 34.9 Å². The molecule has 1 saturated carbocycles. The summed E-state index contributed by atoms with van der Waals surface area (Å²) in [4.78, 5) is 0. The van der Waals surface area contributed by atoms with E-state index in [0.29, 0.717) is 5.92 Å². The molecule has 0 spiro atoms. The summed E-state index contributed by atoms with van der Waals surface area (Å²) in [6, 6.07) is 0. The van der Waals surface area contributed by atoms with Crippen LogP contribution in [0.3, 0.4) is 0 Å². The van der Waals surface area contributed by atoms with Crippen LogP contribution in [-0.2, 0) is 18.8 Å². The van der Waals surface area contributed by atoms with Crippen molar-refractivity contribution >= 4 is 7.12 Å². The fraction of sp³-hybridized carbons (Fsp3) is 1.00. The lowest BCUT2D eigenvalue weighted by molar-refractivity contribution is -0.292. The van der Waals surface area contributed by atoms with Crippen LogP contribution in [-0.4, -0.2) is 38.3 Å². The third kappa shape index (κ3) is 4.41. The number of methoxy groups -OCH3 is 2. The van der Waals surface area contributed by atoms with Gasteiger partial charge in [-0.2, -0.15) is 0 Å². The Bertz CT molecular complexity index is 483. The highest BCUT2D eigenvalue weighted by Crippen LogP contribution is 2.58. The van der Waals surface area contributed by atoms with Crippen LogP contribution < -0.4 is 0 Å². The molecule has 2 aliphatic rings. The van der Waals surface area contributed by atoms with E-state index in [9.17, 15) is 0 Å². The number of rotatable bonds is 8. The summed E-state index contributed by atoms with van der Waals surface area (Å²) in [5.41, 5.74) is 0.0550. The van der Waals surface area contributed by atoms with Gasteiger partial charge in [0.05, 0.1) is 11.2 Å². The van der Waals surface area contributed by atoms with Crippen molar-refractivity contribution in [2.75, 3.05) is 14.2 Å². The van der Waals surface area contributed by atoms with Gasteiger partial charge in [-0.3, -0.25) is 0 Å². The summed E-state index contributed by atoms with van der Waals surface area (Å²) in [6.07, 6.45) is 6.49. The lowest BCUT2D eigenvalue weighted by Crippen LogP contribution is -2.55. The van der Waals surface area contributed by atoms with E-state index in [0.717, 1.165) is 25.6 Å². The molecule has 0 radical (unpaired) electrons. The number of unbranched alkanes of at least 4 members (excludes halogenated alkanes) is 1. The number of hydrogen-bond donors (Lipinski definition) is 0. The van der Waals surface area contributed by atoms with Crippen molar-refractivity contribution in [3.8, 4) is 0 Å². The third-order valence-corrected chi connectivity index (χ3v) is 8.16. The van der Waals surface area contributed by atoms with Gasteiger partial charge in [-0.15, -0.1) is 0 Å². The summed E-state index contributed by atoms with van der Waals surface area (Å²) in [7, 11) is 3.45. The molecule has 0 aromatic heterocycles. The number of hydrogen-bond acceptors (Lipinski definition) is 4. The molecule has 0 N–H and O–H groups in total. The van der Waals surface area contributed by atoms with E-state index < -0.39 is 0 Å². The molecule has 2 rings (SSSR count). The van der Waals surface area contributed by atoms with Gasteiger partial charge in [0.1, 0.15) is 0 Å². The fourth-order valence-electron chi connectivity index (χ4n) is 4.64. The Hall–Kier alpha value is -0.0951. The first-order chi connectivity index (χ1) is 12.2. The van der Waals surface area contributed by atoms with Crippen molar-refractivity contribution in [1.29, 1.82) is 0 Å². The topological polar surface area (TPSA) is 36.9 Å². The normalized spacial score (nSPS) is 26.7. The molecule has 1 saturated heterocycles. The lowest BCUT2D eigenvalue weighted by Gasteiger charge is -2.57. The van der Waals surface area contributed by atoms with Gasteiger partial charge in [0.15, 0.2) is 5.79 Å². The first kappa shape index (κ1) is 23.2. The van der Waals surface area contributed by atoms with Crippen molar-refractivity contribution in [2.45, 2.75) is 111 Å². The molecule has 1 heterocycles. The van der Waals surface area contributed by atoms with E-state index in [4.69, 9.17) is 18.8 Å². The molecular weight excluding hydrogens is 339 g/mol. The molecule has 1 atom stereocenters. The minimum absolute atomic E-state index is 0.0748. The molecule has 2 fully saturated rings. The van der Waals surface area contributed by atoms with Gasteiger partial charge in [0.2, 0.25) is 0 Å². The van der Waals surface area contributed by atoms with Gasteiger partial charge < -0.3 is 18.8 Å². The second kappa shape index (κ2) is 7.62. The van der Waals surface area contributed by atoms with Crippen LogP contribution in [0.1, 0.15) is 87.5 Å². The quantitative estimate of drug-likeness (QED) is 0.307. The number of ether oxygens (including phenoxy) is 2. The zero-order valence-corrected chi connectivity index (χ0v) is 19.5. The first-order valence-electron chi connectivity index (χ1n) is 10.7. The van der Waals surface area contributed by atoms with Crippen LogP contribution in [0, 0.1) is 16.7 Å². The summed E-state index contributed by atoms with van der Waals surface area (Å²) in [5.74, 6) is 0.272. The van der Waals surface area contributed by atoms with Crippen molar-refractivity contribution in [3.05, 3.63) is 0 Å². The van der Waals surface area contributed by atoms with Crippen LogP contribution in [0.25, 0.3) is 0 Å². The highest BCUT2D eigenvalue weighted by atomic mass is 16.7. The molecule has 5 heteroatoms. The molecule has 27 heavy (non-hydrogen) atoms. The smallest absolute Gasteiger partial charge is 0.403 e. The van der Waals surface area contributed by atoms with Gasteiger partial charge >= 0.3 is 7.12 Å². The maximum absolute atomic E-state index is 6.14. The second-order valence-corrected chi connectivity index (χ2v) is 11.0. The molecule has 1 aliphatic carbocycles. The molecule has 0 aromatic carbocycles. The summed E-state index contributed by atoms with van der Waals surface area (Å²) >= 11 is 0. The maximum Gasteiger partial charge on any atom is 0.457 e. The largest absolute Gasteiger partial charge is 0.457 e. The first-order valence-corrected chi connectivity index (χ1v) is 10.7. The predicted molar refractivity (Wildman–Crippen MR) is 112 cm³/mol. The minimum atomic E-state index is -0.361. The lowest BCUT2D eigenvalue weighted by atomic mass is 9.52. The Morgan fingerprint density at radius 1 is 0.889 bits per heavy atom. The maximum atomic E-state index is 6.14. The van der Waals surface area contributed by atoms with E-state index in [2.05, 4.69) is 55.4 Å². The highest BCUT2D eigenvalue weighted by Gasteiger charge is 2.56. The van der Waals surface area contributed by atoms with Crippen molar-refractivity contribution in [1.82, 2.24) is 0 Å². The van der Waals surface area contributed by atoms with E-state index in [1.54, 1.807) is 14.2 Å². The summed E-state index contributed by atoms with van der Waals surface area (Å²) in [5, 5.41) is 0. The Labute approximate surface area is 168 Å². The fourth-order valence-corrected chi connectivity index (χ4v) is 4.64. The third-order valence-electron chi connectivity index (χ3n) is 8.16. The van der Waals surface area contributed by atoms with E-state index >= 15 is 0 Å². The molecule has 0 aromatic rings. The van der Waals surface area contributed by atoms with Crippen LogP contribution in [0.4, 0.5) is 0 Å². The summed E-state index contributed by atoms with van der Waals surface area (Å²) < 4.78 is 23.6. The zero-order chi connectivity index (χ0) is 20.7. The molecule has 1 unspecified atom stereocenters. The van der Waals surface area contributed by atoms with Gasteiger partial charge in [0.25, 0.3) is 0 Å². The Morgan fingerprint density at radius 3 is 1.78 bits per heavy atom. The van der Waals surface area contributed by atoms with E-state index in [1.807, 2.05) is 0 Å². The molecular formula is C22H43BO4. The van der Waals surface area contributed by atoms with Gasteiger partial charge in [-0.25, -0.2) is 0 Å². The van der Waals surface area contributed by atoms with Crippen LogP contribution in [0.2, 0.25) is 6.32 Å². The second-order valence-electron chi connectivity index (χ2n) is 11.0. The standard InChI is InChI=1S/C22H43BO4/c1-18(2,3)21(8,17-15-22(16-17,24-9)25-10)13-11-12-14-23-26-19(4,5)20(6,7)27-23/h17H,11-16H2,1-10H3. The summed E-state index contributed by atoms with van der Waals surface area (Å²) in [6.45, 7) is 18.1. The van der Waals surface area contributed by atoms with Crippen molar-refractivity contribution in [2.24, 2.45) is 16.7 Å². The molecule has 158 valence electrons. The van der Waals surface area contributed by atoms with E-state index in [1.165, 1.54) is 12.8 Å². The van der Waals surface area contributed by atoms with Crippen LogP contribution >= 0.6 is 0 Å². The molecule has 1 aliphatic heterocycles. The predicted octanol–water partition coefficient (Wildman–Crippen LogP) is 5.70. The Morgan fingerprint density at radius 2 is 1.37 bits per heavy atom. The van der Waals surface area contributed by atoms with Crippen molar-refractivity contribution < 1.29 is 18.8 Å². The van der Waals surface area contributed by atoms with Gasteiger partial charge in [-0.1, -0.05) is 40.5 Å². The average molecular weight is 382 g/mol. The molecule has 0 amide bonds. The van der Waals surface area contributed by atoms with Crippen LogP contribution in [0.5, 0.6) is 0 Å². The highest BCUT2D eigenvalue weighted by molar-refractivity contribution is 6.45.